The lowest BCUT2D eigenvalue weighted by Gasteiger charge is -1.97. The van der Waals surface area contributed by atoms with Crippen LogP contribution in [-0.4, -0.2) is 19.1 Å². The lowest BCUT2D eigenvalue weighted by Crippen LogP contribution is -1.89. The molecule has 0 amide bonds. The molecule has 0 saturated carbocycles. The first-order chi connectivity index (χ1) is 7.58. The standard InChI is InChI=1S/C9H11ClN4S2/c1-5-7(8(10)14(3)12-5)4-15-9-11-6(2)13-16-9/h4H2,1-3H3. The fraction of sp³-hybridized carbons (Fsp3) is 0.444. The Kier molecular flexibility index (Phi) is 3.51. The maximum absolute atomic E-state index is 6.14. The molecule has 0 unspecified atom stereocenters. The van der Waals surface area contributed by atoms with Gasteiger partial charge in [-0.1, -0.05) is 23.4 Å². The van der Waals surface area contributed by atoms with E-state index in [1.165, 1.54) is 11.5 Å². The third kappa shape index (κ3) is 2.39. The highest BCUT2D eigenvalue weighted by Gasteiger charge is 2.12. The minimum Gasteiger partial charge on any atom is -0.257 e. The van der Waals surface area contributed by atoms with E-state index in [1.54, 1.807) is 16.4 Å². The molecule has 0 aromatic carbocycles. The Balaban J connectivity index is 2.10. The van der Waals surface area contributed by atoms with Crippen LogP contribution in [0.3, 0.4) is 0 Å². The number of hydrogen-bond acceptors (Lipinski definition) is 5. The highest BCUT2D eigenvalue weighted by molar-refractivity contribution is 8.00. The molecule has 0 fully saturated rings. The number of nitrogens with zero attached hydrogens (tertiary/aromatic N) is 4. The zero-order valence-corrected chi connectivity index (χ0v) is 11.6. The van der Waals surface area contributed by atoms with Gasteiger partial charge < -0.3 is 0 Å². The van der Waals surface area contributed by atoms with Crippen LogP contribution in [0.15, 0.2) is 4.34 Å². The lowest BCUT2D eigenvalue weighted by molar-refractivity contribution is 0.757. The summed E-state index contributed by atoms with van der Waals surface area (Å²) in [6, 6.07) is 0. The van der Waals surface area contributed by atoms with E-state index in [2.05, 4.69) is 14.5 Å². The van der Waals surface area contributed by atoms with Gasteiger partial charge in [0.25, 0.3) is 0 Å². The van der Waals surface area contributed by atoms with Crippen LogP contribution in [-0.2, 0) is 12.8 Å². The predicted octanol–water partition coefficient (Wildman–Crippen LogP) is 2.83. The van der Waals surface area contributed by atoms with Crippen molar-refractivity contribution in [2.75, 3.05) is 0 Å². The number of thioether (sulfide) groups is 1. The number of rotatable bonds is 3. The molecule has 4 nitrogen and oxygen atoms in total. The zero-order valence-electron chi connectivity index (χ0n) is 9.19. The molecule has 0 saturated heterocycles. The molecule has 2 heterocycles. The Morgan fingerprint density at radius 3 is 2.69 bits per heavy atom. The van der Waals surface area contributed by atoms with Crippen molar-refractivity contribution in [3.05, 3.63) is 22.2 Å². The van der Waals surface area contributed by atoms with E-state index in [9.17, 15) is 0 Å². The quantitative estimate of drug-likeness (QED) is 0.808. The van der Waals surface area contributed by atoms with Gasteiger partial charge in [0.05, 0.1) is 5.69 Å². The van der Waals surface area contributed by atoms with E-state index in [0.29, 0.717) is 5.15 Å². The van der Waals surface area contributed by atoms with E-state index < -0.39 is 0 Å². The Bertz CT molecular complexity index is 506. The monoisotopic (exact) mass is 274 g/mol. The van der Waals surface area contributed by atoms with Crippen molar-refractivity contribution >= 4 is 34.9 Å². The average Bonchev–Trinajstić information content (AvgIpc) is 2.72. The summed E-state index contributed by atoms with van der Waals surface area (Å²) in [6.07, 6.45) is 0. The molecule has 0 aliphatic carbocycles. The third-order valence-corrected chi connectivity index (χ3v) is 4.54. The molecule has 0 N–H and O–H groups in total. The summed E-state index contributed by atoms with van der Waals surface area (Å²) in [5, 5.41) is 4.97. The molecule has 16 heavy (non-hydrogen) atoms. The van der Waals surface area contributed by atoms with Crippen LogP contribution >= 0.6 is 34.9 Å². The van der Waals surface area contributed by atoms with E-state index in [1.807, 2.05) is 20.9 Å². The fourth-order valence-electron chi connectivity index (χ4n) is 1.31. The van der Waals surface area contributed by atoms with Crippen LogP contribution in [0.1, 0.15) is 17.1 Å². The third-order valence-electron chi connectivity index (χ3n) is 2.12. The molecule has 7 heteroatoms. The first-order valence-corrected chi connectivity index (χ1v) is 6.82. The van der Waals surface area contributed by atoms with Crippen molar-refractivity contribution < 1.29 is 0 Å². The van der Waals surface area contributed by atoms with Crippen LogP contribution < -0.4 is 0 Å². The minimum atomic E-state index is 0.700. The van der Waals surface area contributed by atoms with Gasteiger partial charge in [-0.2, -0.15) is 9.47 Å². The molecule has 2 aromatic heterocycles. The highest BCUT2D eigenvalue weighted by atomic mass is 35.5. The molecule has 0 radical (unpaired) electrons. The molecular formula is C9H11ClN4S2. The molecule has 0 aliphatic heterocycles. The van der Waals surface area contributed by atoms with Crippen molar-refractivity contribution in [1.29, 1.82) is 0 Å². The smallest absolute Gasteiger partial charge is 0.170 e. The van der Waals surface area contributed by atoms with Crippen LogP contribution in [0.4, 0.5) is 0 Å². The predicted molar refractivity (Wildman–Crippen MR) is 67.2 cm³/mol. The maximum atomic E-state index is 6.14. The van der Waals surface area contributed by atoms with Gasteiger partial charge in [-0.25, -0.2) is 4.98 Å². The van der Waals surface area contributed by atoms with Gasteiger partial charge in [-0.15, -0.1) is 0 Å². The molecule has 0 atom stereocenters. The first kappa shape index (κ1) is 11.9. The summed E-state index contributed by atoms with van der Waals surface area (Å²) in [5.74, 6) is 1.61. The Labute approximate surface area is 107 Å². The Hall–Kier alpha value is -0.590. The fourth-order valence-corrected chi connectivity index (χ4v) is 3.36. The molecule has 2 rings (SSSR count). The topological polar surface area (TPSA) is 43.6 Å². The van der Waals surface area contributed by atoms with Crippen LogP contribution in [0.25, 0.3) is 0 Å². The maximum Gasteiger partial charge on any atom is 0.170 e. The van der Waals surface area contributed by atoms with Crippen molar-refractivity contribution in [3.8, 4) is 0 Å². The van der Waals surface area contributed by atoms with Crippen molar-refractivity contribution in [2.45, 2.75) is 23.9 Å². The van der Waals surface area contributed by atoms with Gasteiger partial charge in [-0.05, 0) is 25.4 Å². The summed E-state index contributed by atoms with van der Waals surface area (Å²) >= 11 is 9.20. The second kappa shape index (κ2) is 4.73. The van der Waals surface area contributed by atoms with Gasteiger partial charge in [0.1, 0.15) is 11.0 Å². The van der Waals surface area contributed by atoms with Crippen molar-refractivity contribution in [1.82, 2.24) is 19.1 Å². The van der Waals surface area contributed by atoms with Crippen LogP contribution in [0, 0.1) is 13.8 Å². The van der Waals surface area contributed by atoms with Gasteiger partial charge in [0.15, 0.2) is 4.34 Å². The summed E-state index contributed by atoms with van der Waals surface area (Å²) in [6.45, 7) is 3.86. The molecule has 0 spiro atoms. The average molecular weight is 275 g/mol. The van der Waals surface area contributed by atoms with E-state index >= 15 is 0 Å². The van der Waals surface area contributed by atoms with Gasteiger partial charge in [0.2, 0.25) is 0 Å². The zero-order chi connectivity index (χ0) is 11.7. The summed E-state index contributed by atoms with van der Waals surface area (Å²) in [7, 11) is 1.85. The van der Waals surface area contributed by atoms with Crippen molar-refractivity contribution in [3.63, 3.8) is 0 Å². The molecule has 0 aliphatic rings. The molecular weight excluding hydrogens is 264 g/mol. The minimum absolute atomic E-state index is 0.700. The number of aromatic nitrogens is 4. The highest BCUT2D eigenvalue weighted by Crippen LogP contribution is 2.29. The van der Waals surface area contributed by atoms with Gasteiger partial charge in [-0.3, -0.25) is 4.68 Å². The van der Waals surface area contributed by atoms with Gasteiger partial charge >= 0.3 is 0 Å². The molecule has 86 valence electrons. The van der Waals surface area contributed by atoms with Crippen LogP contribution in [0.5, 0.6) is 0 Å². The number of hydrogen-bond donors (Lipinski definition) is 0. The van der Waals surface area contributed by atoms with E-state index in [-0.39, 0.29) is 0 Å². The van der Waals surface area contributed by atoms with Gasteiger partial charge in [0, 0.05) is 18.4 Å². The van der Waals surface area contributed by atoms with Crippen molar-refractivity contribution in [2.24, 2.45) is 7.05 Å². The normalized spacial score (nSPS) is 11.0. The van der Waals surface area contributed by atoms with Crippen LogP contribution in [0.2, 0.25) is 5.15 Å². The lowest BCUT2D eigenvalue weighted by atomic mass is 10.3. The summed E-state index contributed by atoms with van der Waals surface area (Å²) in [5.41, 5.74) is 2.04. The SMILES string of the molecule is Cc1nsc(SCc2c(C)nn(C)c2Cl)n1. The number of aryl methyl sites for hydroxylation is 3. The largest absolute Gasteiger partial charge is 0.257 e. The molecule has 2 aromatic rings. The van der Waals surface area contributed by atoms with E-state index in [4.69, 9.17) is 11.6 Å². The Morgan fingerprint density at radius 1 is 1.44 bits per heavy atom. The van der Waals surface area contributed by atoms with E-state index in [0.717, 1.165) is 27.2 Å². The first-order valence-electron chi connectivity index (χ1n) is 4.69. The number of halogens is 1. The molecule has 0 bridgehead atoms. The second-order valence-corrected chi connectivity index (χ2v) is 5.71. The summed E-state index contributed by atoms with van der Waals surface area (Å²) < 4.78 is 6.80. The second-order valence-electron chi connectivity index (χ2n) is 3.37. The summed E-state index contributed by atoms with van der Waals surface area (Å²) in [4.78, 5) is 4.29. The Morgan fingerprint density at radius 2 is 2.19 bits per heavy atom.